The van der Waals surface area contributed by atoms with Gasteiger partial charge in [0.05, 0.1) is 6.10 Å². The van der Waals surface area contributed by atoms with Crippen molar-refractivity contribution in [3.8, 4) is 0 Å². The number of hydrogen-bond acceptors (Lipinski definition) is 1. The van der Waals surface area contributed by atoms with E-state index < -0.39 is 0 Å². The molecule has 0 aromatic heterocycles. The van der Waals surface area contributed by atoms with Crippen molar-refractivity contribution in [2.75, 3.05) is 5.33 Å². The molecule has 1 rings (SSSR count). The zero-order valence-corrected chi connectivity index (χ0v) is 14.7. The third-order valence-electron chi connectivity index (χ3n) is 4.26. The number of aliphatic hydroxyl groups is 1. The van der Waals surface area contributed by atoms with Gasteiger partial charge in [-0.05, 0) is 43.1 Å². The van der Waals surface area contributed by atoms with Crippen LogP contribution >= 0.6 is 31.9 Å². The lowest BCUT2D eigenvalue weighted by atomic mass is 9.65. The van der Waals surface area contributed by atoms with Crippen LogP contribution in [0.1, 0.15) is 40.0 Å². The van der Waals surface area contributed by atoms with E-state index >= 15 is 0 Å². The van der Waals surface area contributed by atoms with E-state index in [9.17, 15) is 5.11 Å². The van der Waals surface area contributed by atoms with Crippen LogP contribution in [0.2, 0.25) is 0 Å². The highest BCUT2D eigenvalue weighted by Crippen LogP contribution is 2.48. The Morgan fingerprint density at radius 3 is 2.78 bits per heavy atom. The maximum atomic E-state index is 9.76. The lowest BCUT2D eigenvalue weighted by Gasteiger charge is -2.44. The van der Waals surface area contributed by atoms with Crippen LogP contribution in [0.5, 0.6) is 0 Å². The predicted octanol–water partition coefficient (Wildman–Crippen LogP) is 4.83. The van der Waals surface area contributed by atoms with Crippen LogP contribution in [0.15, 0.2) is 23.8 Å². The number of aliphatic hydroxyl groups excluding tert-OH is 1. The van der Waals surface area contributed by atoms with E-state index in [0.29, 0.717) is 16.1 Å². The van der Waals surface area contributed by atoms with Crippen molar-refractivity contribution in [3.05, 3.63) is 23.8 Å². The summed E-state index contributed by atoms with van der Waals surface area (Å²) < 4.78 is 0. The van der Waals surface area contributed by atoms with Crippen LogP contribution in [0, 0.1) is 11.3 Å². The monoisotopic (exact) mass is 378 g/mol. The molecule has 1 fully saturated rings. The van der Waals surface area contributed by atoms with Crippen molar-refractivity contribution >= 4 is 31.9 Å². The first-order valence-electron chi connectivity index (χ1n) is 6.53. The molecular formula is C15H24Br2O. The van der Waals surface area contributed by atoms with Gasteiger partial charge in [0.1, 0.15) is 0 Å². The zero-order chi connectivity index (χ0) is 13.9. The molecule has 0 aromatic carbocycles. The van der Waals surface area contributed by atoms with Crippen molar-refractivity contribution in [1.82, 2.24) is 0 Å². The topological polar surface area (TPSA) is 20.2 Å². The van der Waals surface area contributed by atoms with Gasteiger partial charge in [-0.25, -0.2) is 0 Å². The number of allylic oxidation sites excluding steroid dienone is 2. The van der Waals surface area contributed by atoms with E-state index in [1.807, 2.05) is 6.92 Å². The van der Waals surface area contributed by atoms with Crippen molar-refractivity contribution in [2.24, 2.45) is 11.3 Å². The van der Waals surface area contributed by atoms with E-state index in [4.69, 9.17) is 0 Å². The molecular weight excluding hydrogens is 356 g/mol. The molecule has 3 atom stereocenters. The Balaban J connectivity index is 2.78. The molecule has 0 radical (unpaired) electrons. The summed E-state index contributed by atoms with van der Waals surface area (Å²) in [4.78, 5) is 0.551. The molecule has 0 amide bonds. The van der Waals surface area contributed by atoms with Gasteiger partial charge in [-0.2, -0.15) is 0 Å². The van der Waals surface area contributed by atoms with E-state index in [1.54, 1.807) is 0 Å². The lowest BCUT2D eigenvalue weighted by Crippen LogP contribution is -2.38. The predicted molar refractivity (Wildman–Crippen MR) is 86.5 cm³/mol. The van der Waals surface area contributed by atoms with Crippen molar-refractivity contribution in [1.29, 1.82) is 0 Å². The summed E-state index contributed by atoms with van der Waals surface area (Å²) in [5, 5.41) is 10.4. The highest BCUT2D eigenvalue weighted by Gasteiger charge is 2.40. The molecule has 0 spiro atoms. The van der Waals surface area contributed by atoms with Crippen LogP contribution < -0.4 is 0 Å². The molecule has 0 aliphatic heterocycles. The standard InChI is InChI=1S/C15H24Br2O/c1-10-6-8-14(17)15(3,4)12(10)7-5-11(2)13(18)9-16/h5,12-14,18H,1,6-9H2,2-4H3/b11-5-/t12-,13-,14+/m1/s1. The minimum Gasteiger partial charge on any atom is -0.388 e. The van der Waals surface area contributed by atoms with Gasteiger partial charge in [0.25, 0.3) is 0 Å². The fraction of sp³-hybridized carbons (Fsp3) is 0.733. The second-order valence-electron chi connectivity index (χ2n) is 5.89. The Bertz CT molecular complexity index is 333. The summed E-state index contributed by atoms with van der Waals surface area (Å²) in [6, 6.07) is 0. The average Bonchev–Trinajstić information content (AvgIpc) is 2.32. The molecule has 0 bridgehead atoms. The van der Waals surface area contributed by atoms with Crippen LogP contribution in [0.4, 0.5) is 0 Å². The molecule has 1 saturated carbocycles. The van der Waals surface area contributed by atoms with Crippen molar-refractivity contribution in [3.63, 3.8) is 0 Å². The molecule has 0 heterocycles. The first-order valence-corrected chi connectivity index (χ1v) is 8.56. The fourth-order valence-corrected chi connectivity index (χ4v) is 3.69. The molecule has 1 nitrogen and oxygen atoms in total. The Labute approximate surface area is 128 Å². The lowest BCUT2D eigenvalue weighted by molar-refractivity contribution is 0.203. The van der Waals surface area contributed by atoms with Gasteiger partial charge in [-0.15, -0.1) is 0 Å². The highest BCUT2D eigenvalue weighted by atomic mass is 79.9. The minimum absolute atomic E-state index is 0.228. The molecule has 1 N–H and O–H groups in total. The summed E-state index contributed by atoms with van der Waals surface area (Å²) in [6.07, 6.45) is 5.07. The fourth-order valence-electron chi connectivity index (χ4n) is 2.63. The van der Waals surface area contributed by atoms with E-state index in [-0.39, 0.29) is 11.5 Å². The van der Waals surface area contributed by atoms with E-state index in [0.717, 1.165) is 18.4 Å². The summed E-state index contributed by atoms with van der Waals surface area (Å²) >= 11 is 7.12. The number of halogens is 2. The molecule has 0 aromatic rings. The SMILES string of the molecule is C=C1CC[C@H](Br)C(C)(C)[C@@H]1C/C=C(/C)[C@H](O)CBr. The highest BCUT2D eigenvalue weighted by molar-refractivity contribution is 9.09. The Morgan fingerprint density at radius 1 is 1.61 bits per heavy atom. The first kappa shape index (κ1) is 16.5. The molecule has 1 aliphatic carbocycles. The third kappa shape index (κ3) is 3.71. The summed E-state index contributed by atoms with van der Waals surface area (Å²) in [6.45, 7) is 10.9. The van der Waals surface area contributed by atoms with Gasteiger partial charge < -0.3 is 5.11 Å². The van der Waals surface area contributed by atoms with Gasteiger partial charge in [0.15, 0.2) is 0 Å². The van der Waals surface area contributed by atoms with Gasteiger partial charge in [0.2, 0.25) is 0 Å². The molecule has 3 heteroatoms. The van der Waals surface area contributed by atoms with Crippen molar-refractivity contribution in [2.45, 2.75) is 51.0 Å². The third-order valence-corrected chi connectivity index (χ3v) is 6.52. The summed E-state index contributed by atoms with van der Waals surface area (Å²) in [5.74, 6) is 0.494. The van der Waals surface area contributed by atoms with Crippen LogP contribution in [-0.2, 0) is 0 Å². The summed E-state index contributed by atoms with van der Waals surface area (Å²) in [5.41, 5.74) is 2.63. The quantitative estimate of drug-likeness (QED) is 0.547. The second kappa shape index (κ2) is 6.71. The van der Waals surface area contributed by atoms with E-state index in [1.165, 1.54) is 12.0 Å². The zero-order valence-electron chi connectivity index (χ0n) is 11.5. The number of alkyl halides is 2. The van der Waals surface area contributed by atoms with Crippen molar-refractivity contribution < 1.29 is 5.11 Å². The van der Waals surface area contributed by atoms with Gasteiger partial charge >= 0.3 is 0 Å². The Kier molecular flexibility index (Phi) is 6.14. The minimum atomic E-state index is -0.371. The Hall–Kier alpha value is 0.400. The smallest absolute Gasteiger partial charge is 0.0844 e. The molecule has 0 saturated heterocycles. The molecule has 18 heavy (non-hydrogen) atoms. The summed E-state index contributed by atoms with van der Waals surface area (Å²) in [7, 11) is 0. The second-order valence-corrected chi connectivity index (χ2v) is 7.65. The maximum Gasteiger partial charge on any atom is 0.0844 e. The number of rotatable bonds is 4. The maximum absolute atomic E-state index is 9.76. The largest absolute Gasteiger partial charge is 0.388 e. The van der Waals surface area contributed by atoms with Gasteiger partial charge in [0, 0.05) is 10.2 Å². The molecule has 0 unspecified atom stereocenters. The van der Waals surface area contributed by atoms with Crippen LogP contribution in [-0.4, -0.2) is 21.4 Å². The van der Waals surface area contributed by atoms with Crippen LogP contribution in [0.3, 0.4) is 0 Å². The average molecular weight is 380 g/mol. The first-order chi connectivity index (χ1) is 8.30. The normalized spacial score (nSPS) is 30.3. The van der Waals surface area contributed by atoms with Gasteiger partial charge in [-0.3, -0.25) is 0 Å². The Morgan fingerprint density at radius 2 is 2.22 bits per heavy atom. The molecule has 104 valence electrons. The van der Waals surface area contributed by atoms with Gasteiger partial charge in [-0.1, -0.05) is 63.9 Å². The van der Waals surface area contributed by atoms with E-state index in [2.05, 4.69) is 58.4 Å². The number of hydrogen-bond donors (Lipinski definition) is 1. The van der Waals surface area contributed by atoms with Crippen LogP contribution in [0.25, 0.3) is 0 Å². The molecule has 1 aliphatic rings.